The summed E-state index contributed by atoms with van der Waals surface area (Å²) in [4.78, 5) is 0. The maximum atomic E-state index is 6.25. The predicted octanol–water partition coefficient (Wildman–Crippen LogP) is 5.06. The topological polar surface area (TPSA) is 54.9 Å². The maximum Gasteiger partial charge on any atom is 0.214 e. The number of halogens is 2. The number of hydrogen-bond donors (Lipinski definition) is 2. The predicted molar refractivity (Wildman–Crippen MR) is 104 cm³/mol. The molecule has 0 saturated carbocycles. The van der Waals surface area contributed by atoms with Crippen molar-refractivity contribution in [2.75, 3.05) is 12.0 Å². The number of aromatic amines is 1. The van der Waals surface area contributed by atoms with Gasteiger partial charge in [-0.25, -0.2) is 9.77 Å². The Morgan fingerprint density at radius 2 is 2.00 bits per heavy atom. The molecule has 0 radical (unpaired) electrons. The third-order valence-electron chi connectivity index (χ3n) is 3.51. The summed E-state index contributed by atoms with van der Waals surface area (Å²) in [5, 5.41) is 8.12. The molecular weight excluding hydrogens is 379 g/mol. The molecular formula is C17H16Cl2N4OS. The monoisotopic (exact) mass is 394 g/mol. The fraction of sp³-hybridized carbons (Fsp3) is 0.176. The van der Waals surface area contributed by atoms with Gasteiger partial charge in [-0.2, -0.15) is 5.10 Å². The van der Waals surface area contributed by atoms with E-state index in [0.717, 1.165) is 11.1 Å². The van der Waals surface area contributed by atoms with Gasteiger partial charge in [-0.05, 0) is 31.3 Å². The molecule has 3 aromatic rings. The quantitative estimate of drug-likeness (QED) is 0.573. The number of benzene rings is 2. The van der Waals surface area contributed by atoms with Crippen LogP contribution in [0.3, 0.4) is 0 Å². The molecule has 0 fully saturated rings. The van der Waals surface area contributed by atoms with Gasteiger partial charge >= 0.3 is 0 Å². The molecule has 0 amide bonds. The van der Waals surface area contributed by atoms with Crippen molar-refractivity contribution in [3.8, 4) is 17.1 Å². The lowest BCUT2D eigenvalue weighted by atomic mass is 10.2. The first-order valence-corrected chi connectivity index (χ1v) is 8.84. The average Bonchev–Trinajstić information content (AvgIpc) is 2.97. The third-order valence-corrected chi connectivity index (χ3v) is 4.28. The Hall–Kier alpha value is -2.02. The van der Waals surface area contributed by atoms with Gasteiger partial charge < -0.3 is 10.2 Å². The van der Waals surface area contributed by atoms with Gasteiger partial charge in [0.25, 0.3) is 0 Å². The number of hydrogen-bond acceptors (Lipinski definition) is 4. The van der Waals surface area contributed by atoms with Crippen LogP contribution in [0.25, 0.3) is 11.4 Å². The Kier molecular flexibility index (Phi) is 5.63. The highest BCUT2D eigenvalue weighted by Crippen LogP contribution is 2.32. The molecule has 3 rings (SSSR count). The Morgan fingerprint density at radius 3 is 2.72 bits per heavy atom. The van der Waals surface area contributed by atoms with E-state index >= 15 is 0 Å². The number of ether oxygens (including phenoxy) is 1. The summed E-state index contributed by atoms with van der Waals surface area (Å²) in [5.41, 5.74) is 5.03. The van der Waals surface area contributed by atoms with E-state index in [1.165, 1.54) is 0 Å². The first kappa shape index (κ1) is 17.8. The lowest BCUT2D eigenvalue weighted by Gasteiger charge is -2.15. The van der Waals surface area contributed by atoms with E-state index < -0.39 is 0 Å². The van der Waals surface area contributed by atoms with E-state index in [9.17, 15) is 0 Å². The van der Waals surface area contributed by atoms with E-state index in [0.29, 0.717) is 39.5 Å². The van der Waals surface area contributed by atoms with Crippen LogP contribution in [0, 0.1) is 4.77 Å². The van der Waals surface area contributed by atoms with Gasteiger partial charge in [-0.3, -0.25) is 0 Å². The van der Waals surface area contributed by atoms with E-state index in [1.54, 1.807) is 10.7 Å². The molecule has 2 N–H and O–H groups in total. The molecule has 0 atom stereocenters. The van der Waals surface area contributed by atoms with Gasteiger partial charge in [0, 0.05) is 16.1 Å². The summed E-state index contributed by atoms with van der Waals surface area (Å²) in [6.07, 6.45) is 0. The van der Waals surface area contributed by atoms with Crippen molar-refractivity contribution in [3.63, 3.8) is 0 Å². The van der Waals surface area contributed by atoms with Gasteiger partial charge in [0.05, 0.1) is 18.2 Å². The van der Waals surface area contributed by atoms with Crippen molar-refractivity contribution in [3.05, 3.63) is 62.8 Å². The third kappa shape index (κ3) is 3.98. The fourth-order valence-electron chi connectivity index (χ4n) is 2.44. The molecule has 0 aliphatic rings. The highest BCUT2D eigenvalue weighted by Gasteiger charge is 2.13. The van der Waals surface area contributed by atoms with Crippen molar-refractivity contribution in [2.45, 2.75) is 13.5 Å². The zero-order chi connectivity index (χ0) is 17.8. The van der Waals surface area contributed by atoms with Gasteiger partial charge in [-0.15, -0.1) is 0 Å². The largest absolute Gasteiger partial charge is 0.492 e. The zero-order valence-electron chi connectivity index (χ0n) is 13.4. The molecule has 5 nitrogen and oxygen atoms in total. The Morgan fingerprint density at radius 1 is 1.24 bits per heavy atom. The van der Waals surface area contributed by atoms with Crippen LogP contribution in [0.15, 0.2) is 42.5 Å². The zero-order valence-corrected chi connectivity index (χ0v) is 15.8. The van der Waals surface area contributed by atoms with Crippen LogP contribution in [0.2, 0.25) is 10.0 Å². The van der Waals surface area contributed by atoms with Crippen LogP contribution in [0.5, 0.6) is 5.75 Å². The van der Waals surface area contributed by atoms with Crippen LogP contribution in [0.1, 0.15) is 12.5 Å². The molecule has 8 heteroatoms. The molecule has 0 aliphatic heterocycles. The smallest absolute Gasteiger partial charge is 0.214 e. The summed E-state index contributed by atoms with van der Waals surface area (Å²) in [7, 11) is 0. The summed E-state index contributed by atoms with van der Waals surface area (Å²) in [6.45, 7) is 2.83. The fourth-order valence-corrected chi connectivity index (χ4v) is 3.23. The van der Waals surface area contributed by atoms with E-state index in [1.807, 2.05) is 43.3 Å². The van der Waals surface area contributed by atoms with Gasteiger partial charge in [-0.1, -0.05) is 53.5 Å². The molecule has 0 saturated heterocycles. The first-order chi connectivity index (χ1) is 12.1. The lowest BCUT2D eigenvalue weighted by molar-refractivity contribution is 0.337. The Balaban J connectivity index is 1.91. The second-order valence-electron chi connectivity index (χ2n) is 5.20. The second kappa shape index (κ2) is 7.91. The van der Waals surface area contributed by atoms with Gasteiger partial charge in [0.2, 0.25) is 4.77 Å². The molecule has 25 heavy (non-hydrogen) atoms. The van der Waals surface area contributed by atoms with Crippen LogP contribution < -0.4 is 10.2 Å². The number of aromatic nitrogens is 3. The Labute approximate surface area is 160 Å². The molecule has 0 aliphatic carbocycles. The van der Waals surface area contributed by atoms with Crippen molar-refractivity contribution in [1.29, 1.82) is 0 Å². The molecule has 0 unspecified atom stereocenters. The van der Waals surface area contributed by atoms with E-state index in [2.05, 4.69) is 15.6 Å². The molecule has 0 bridgehead atoms. The second-order valence-corrected chi connectivity index (χ2v) is 6.43. The minimum atomic E-state index is 0.420. The molecule has 2 aromatic carbocycles. The molecule has 1 aromatic heterocycles. The number of nitrogens with zero attached hydrogens (tertiary/aromatic N) is 2. The lowest BCUT2D eigenvalue weighted by Crippen LogP contribution is -2.16. The van der Waals surface area contributed by atoms with E-state index in [-0.39, 0.29) is 0 Å². The molecule has 1 heterocycles. The standard InChI is InChI=1S/C17H16Cl2N4OS/c1-2-24-15-12(8-13(18)9-14(15)19)10-20-23-16(21-22-17(23)25)11-6-4-3-5-7-11/h3-9,20H,2,10H2,1H3,(H,22,25). The molecule has 130 valence electrons. The number of rotatable bonds is 6. The van der Waals surface area contributed by atoms with Gasteiger partial charge in [0.1, 0.15) is 5.75 Å². The van der Waals surface area contributed by atoms with Crippen LogP contribution in [0.4, 0.5) is 0 Å². The SMILES string of the molecule is CCOc1c(Cl)cc(Cl)cc1CNn1c(-c2ccccc2)n[nH]c1=S. The van der Waals surface area contributed by atoms with Crippen molar-refractivity contribution >= 4 is 35.4 Å². The normalized spacial score (nSPS) is 10.7. The van der Waals surface area contributed by atoms with E-state index in [4.69, 9.17) is 40.2 Å². The van der Waals surface area contributed by atoms with Gasteiger partial charge in [0.15, 0.2) is 5.82 Å². The summed E-state index contributed by atoms with van der Waals surface area (Å²) < 4.78 is 7.83. The van der Waals surface area contributed by atoms with Crippen molar-refractivity contribution in [2.24, 2.45) is 0 Å². The van der Waals surface area contributed by atoms with Crippen LogP contribution >= 0.6 is 35.4 Å². The Bertz CT molecular complexity index is 924. The highest BCUT2D eigenvalue weighted by molar-refractivity contribution is 7.71. The first-order valence-electron chi connectivity index (χ1n) is 7.67. The minimum Gasteiger partial charge on any atom is -0.492 e. The minimum absolute atomic E-state index is 0.420. The number of nitrogens with one attached hydrogen (secondary N) is 2. The summed E-state index contributed by atoms with van der Waals surface area (Å²) in [6, 6.07) is 13.2. The molecule has 0 spiro atoms. The van der Waals surface area contributed by atoms with Crippen molar-refractivity contribution < 1.29 is 4.74 Å². The highest BCUT2D eigenvalue weighted by atomic mass is 35.5. The summed E-state index contributed by atoms with van der Waals surface area (Å²) >= 11 is 17.7. The van der Waals surface area contributed by atoms with Crippen LogP contribution in [-0.4, -0.2) is 21.5 Å². The van der Waals surface area contributed by atoms with Crippen molar-refractivity contribution in [1.82, 2.24) is 14.9 Å². The maximum absolute atomic E-state index is 6.25. The van der Waals surface area contributed by atoms with Crippen LogP contribution in [-0.2, 0) is 6.54 Å². The summed E-state index contributed by atoms with van der Waals surface area (Å²) in [5.74, 6) is 1.30. The average molecular weight is 395 g/mol. The number of H-pyrrole nitrogens is 1.